The maximum atomic E-state index is 12.2. The Morgan fingerprint density at radius 2 is 2.20 bits per heavy atom. The van der Waals surface area contributed by atoms with Gasteiger partial charge in [0.1, 0.15) is 6.04 Å². The van der Waals surface area contributed by atoms with Gasteiger partial charge < -0.3 is 5.11 Å². The van der Waals surface area contributed by atoms with Crippen LogP contribution in [0.5, 0.6) is 0 Å². The maximum Gasteiger partial charge on any atom is 0.322 e. The van der Waals surface area contributed by atoms with Gasteiger partial charge in [0.05, 0.1) is 5.75 Å². The third kappa shape index (κ3) is 3.50. The molecule has 0 unspecified atom stereocenters. The molecule has 0 aromatic heterocycles. The van der Waals surface area contributed by atoms with Crippen LogP contribution in [0.25, 0.3) is 0 Å². The van der Waals surface area contributed by atoms with E-state index >= 15 is 0 Å². The van der Waals surface area contributed by atoms with Gasteiger partial charge in [-0.05, 0) is 37.0 Å². The second-order valence-electron chi connectivity index (χ2n) is 4.80. The highest BCUT2D eigenvalue weighted by atomic mass is 35.5. The van der Waals surface area contributed by atoms with Crippen LogP contribution >= 0.6 is 11.6 Å². The molecule has 0 aliphatic carbocycles. The topological polar surface area (TPSA) is 74.7 Å². The first-order valence-corrected chi connectivity index (χ1v) is 8.35. The van der Waals surface area contributed by atoms with Crippen molar-refractivity contribution < 1.29 is 18.3 Å². The normalized spacial score (nSPS) is 20.1. The van der Waals surface area contributed by atoms with Crippen molar-refractivity contribution in [1.29, 1.82) is 0 Å². The first-order chi connectivity index (χ1) is 9.40. The summed E-state index contributed by atoms with van der Waals surface area (Å²) in [5, 5.41) is 9.60. The van der Waals surface area contributed by atoms with E-state index in [1.165, 1.54) is 0 Å². The number of carboxylic acid groups (broad SMARTS) is 1. The van der Waals surface area contributed by atoms with E-state index < -0.39 is 22.0 Å². The van der Waals surface area contributed by atoms with Crippen LogP contribution < -0.4 is 0 Å². The molecule has 1 heterocycles. The Labute approximate surface area is 123 Å². The fourth-order valence-electron chi connectivity index (χ4n) is 2.38. The molecular formula is C13H16ClNO4S. The molecule has 7 heteroatoms. The zero-order valence-electron chi connectivity index (χ0n) is 10.8. The van der Waals surface area contributed by atoms with Crippen molar-refractivity contribution in [2.45, 2.75) is 25.3 Å². The van der Waals surface area contributed by atoms with Gasteiger partial charge in [0.15, 0.2) is 0 Å². The molecule has 0 bridgehead atoms. The summed E-state index contributed by atoms with van der Waals surface area (Å²) in [6.07, 6.45) is 1.30. The number of hydrogen-bond acceptors (Lipinski definition) is 3. The molecule has 1 N–H and O–H groups in total. The lowest BCUT2D eigenvalue weighted by Gasteiger charge is -2.20. The molecule has 5 nitrogen and oxygen atoms in total. The van der Waals surface area contributed by atoms with E-state index in [4.69, 9.17) is 16.7 Å². The molecule has 0 amide bonds. The number of carboxylic acids is 1. The summed E-state index contributed by atoms with van der Waals surface area (Å²) in [5.41, 5.74) is 0.826. The van der Waals surface area contributed by atoms with Gasteiger partial charge in [-0.3, -0.25) is 4.79 Å². The van der Waals surface area contributed by atoms with E-state index in [0.717, 1.165) is 9.87 Å². The minimum absolute atomic E-state index is 0.100. The molecule has 1 saturated heterocycles. The molecule has 20 heavy (non-hydrogen) atoms. The molecule has 110 valence electrons. The van der Waals surface area contributed by atoms with Crippen LogP contribution in [0.1, 0.15) is 18.4 Å². The molecule has 0 spiro atoms. The van der Waals surface area contributed by atoms with Crippen molar-refractivity contribution in [2.75, 3.05) is 12.3 Å². The zero-order chi connectivity index (χ0) is 14.8. The number of aryl methyl sites for hydroxylation is 1. The first-order valence-electron chi connectivity index (χ1n) is 6.37. The van der Waals surface area contributed by atoms with Crippen LogP contribution in [0.4, 0.5) is 0 Å². The Hall–Kier alpha value is -1.11. The van der Waals surface area contributed by atoms with E-state index in [9.17, 15) is 13.2 Å². The monoisotopic (exact) mass is 317 g/mol. The van der Waals surface area contributed by atoms with Gasteiger partial charge in [-0.1, -0.05) is 23.7 Å². The number of benzene rings is 1. The summed E-state index contributed by atoms with van der Waals surface area (Å²) in [4.78, 5) is 11.1. The summed E-state index contributed by atoms with van der Waals surface area (Å²) in [5.74, 6) is -1.18. The molecule has 1 aliphatic rings. The minimum atomic E-state index is -3.56. The van der Waals surface area contributed by atoms with Gasteiger partial charge in [0, 0.05) is 11.6 Å². The third-order valence-corrected chi connectivity index (χ3v) is 5.49. The molecule has 1 aromatic rings. The van der Waals surface area contributed by atoms with Crippen molar-refractivity contribution in [2.24, 2.45) is 0 Å². The molecule has 2 rings (SSSR count). The average molecular weight is 318 g/mol. The fraction of sp³-hybridized carbons (Fsp3) is 0.462. The Balaban J connectivity index is 2.06. The van der Waals surface area contributed by atoms with Crippen molar-refractivity contribution >= 4 is 27.6 Å². The van der Waals surface area contributed by atoms with Crippen LogP contribution in [0.3, 0.4) is 0 Å². The minimum Gasteiger partial charge on any atom is -0.480 e. The average Bonchev–Trinajstić information content (AvgIpc) is 2.87. The maximum absolute atomic E-state index is 12.2. The number of carbonyl (C=O) groups is 1. The van der Waals surface area contributed by atoms with E-state index in [1.807, 2.05) is 0 Å². The van der Waals surface area contributed by atoms with E-state index in [1.54, 1.807) is 24.3 Å². The molecule has 1 fully saturated rings. The number of aliphatic carboxylic acids is 1. The van der Waals surface area contributed by atoms with Crippen LogP contribution in [-0.4, -0.2) is 42.1 Å². The highest BCUT2D eigenvalue weighted by Gasteiger charge is 2.38. The number of nitrogens with zero attached hydrogens (tertiary/aromatic N) is 1. The van der Waals surface area contributed by atoms with Gasteiger partial charge in [-0.25, -0.2) is 8.42 Å². The molecule has 0 saturated carbocycles. The summed E-state index contributed by atoms with van der Waals surface area (Å²) in [6, 6.07) is 6.09. The quantitative estimate of drug-likeness (QED) is 0.898. The lowest BCUT2D eigenvalue weighted by atomic mass is 10.2. The lowest BCUT2D eigenvalue weighted by Crippen LogP contribution is -2.41. The number of sulfonamides is 1. The number of rotatable bonds is 5. The highest BCUT2D eigenvalue weighted by molar-refractivity contribution is 7.89. The standard InChI is InChI=1S/C13H16ClNO4S/c14-11-4-1-3-10(9-11)6-8-20(18,19)15-7-2-5-12(15)13(16)17/h1,3-4,9,12H,2,5-8H2,(H,16,17)/t12-/m1/s1. The van der Waals surface area contributed by atoms with Gasteiger partial charge in [-0.2, -0.15) is 4.31 Å². The second-order valence-corrected chi connectivity index (χ2v) is 7.28. The molecule has 1 aromatic carbocycles. The third-order valence-electron chi connectivity index (χ3n) is 3.38. The van der Waals surface area contributed by atoms with E-state index in [-0.39, 0.29) is 12.3 Å². The number of halogens is 1. The van der Waals surface area contributed by atoms with Crippen LogP contribution in [0, 0.1) is 0 Å². The van der Waals surface area contributed by atoms with Gasteiger partial charge in [0.25, 0.3) is 0 Å². The smallest absolute Gasteiger partial charge is 0.322 e. The largest absolute Gasteiger partial charge is 0.480 e. The van der Waals surface area contributed by atoms with Gasteiger partial charge >= 0.3 is 5.97 Å². The number of hydrogen-bond donors (Lipinski definition) is 1. The summed E-state index contributed by atoms with van der Waals surface area (Å²) in [7, 11) is -3.56. The van der Waals surface area contributed by atoms with Crippen molar-refractivity contribution in [3.05, 3.63) is 34.9 Å². The Bertz CT molecular complexity index is 602. The van der Waals surface area contributed by atoms with Crippen molar-refractivity contribution in [3.8, 4) is 0 Å². The van der Waals surface area contributed by atoms with Crippen LogP contribution in [-0.2, 0) is 21.2 Å². The Morgan fingerprint density at radius 3 is 2.85 bits per heavy atom. The summed E-state index contributed by atoms with van der Waals surface area (Å²) in [6.45, 7) is 0.287. The molecule has 0 radical (unpaired) electrons. The Kier molecular flexibility index (Phi) is 4.67. The highest BCUT2D eigenvalue weighted by Crippen LogP contribution is 2.22. The Morgan fingerprint density at radius 1 is 1.45 bits per heavy atom. The van der Waals surface area contributed by atoms with Crippen molar-refractivity contribution in [1.82, 2.24) is 4.31 Å². The molecular weight excluding hydrogens is 302 g/mol. The first kappa shape index (κ1) is 15.3. The predicted molar refractivity (Wildman–Crippen MR) is 76.3 cm³/mol. The van der Waals surface area contributed by atoms with Crippen LogP contribution in [0.2, 0.25) is 5.02 Å². The summed E-state index contributed by atoms with van der Waals surface area (Å²) >= 11 is 5.85. The van der Waals surface area contributed by atoms with Crippen molar-refractivity contribution in [3.63, 3.8) is 0 Å². The summed E-state index contributed by atoms with van der Waals surface area (Å²) < 4.78 is 25.6. The van der Waals surface area contributed by atoms with E-state index in [0.29, 0.717) is 24.3 Å². The lowest BCUT2D eigenvalue weighted by molar-refractivity contribution is -0.140. The SMILES string of the molecule is O=C(O)[C@H]1CCCN1S(=O)(=O)CCc1cccc(Cl)c1. The van der Waals surface area contributed by atoms with Gasteiger partial charge in [0.2, 0.25) is 10.0 Å². The second kappa shape index (κ2) is 6.11. The molecule has 1 atom stereocenters. The molecule has 1 aliphatic heterocycles. The fourth-order valence-corrected chi connectivity index (χ4v) is 4.31. The van der Waals surface area contributed by atoms with Crippen LogP contribution in [0.15, 0.2) is 24.3 Å². The predicted octanol–water partition coefficient (Wildman–Crippen LogP) is 1.76. The van der Waals surface area contributed by atoms with E-state index in [2.05, 4.69) is 0 Å². The zero-order valence-corrected chi connectivity index (χ0v) is 12.4. The van der Waals surface area contributed by atoms with Gasteiger partial charge in [-0.15, -0.1) is 0 Å².